The Morgan fingerprint density at radius 3 is 2.56 bits per heavy atom. The van der Waals surface area contributed by atoms with Crippen molar-refractivity contribution in [1.29, 1.82) is 0 Å². The van der Waals surface area contributed by atoms with E-state index in [0.29, 0.717) is 40.9 Å². The molecule has 2 atom stereocenters. The average Bonchev–Trinajstić information content (AvgIpc) is 2.76. The normalized spacial score (nSPS) is 30.2. The van der Waals surface area contributed by atoms with Gasteiger partial charge in [0.2, 0.25) is 0 Å². The van der Waals surface area contributed by atoms with Crippen molar-refractivity contribution in [2.75, 3.05) is 25.0 Å². The van der Waals surface area contributed by atoms with Crippen LogP contribution < -0.4 is 10.6 Å². The summed E-state index contributed by atoms with van der Waals surface area (Å²) in [6.07, 6.45) is 7.97. The number of fused-ring (bicyclic) bond motifs is 1. The molecule has 2 N–H and O–H groups in total. The molecule has 2 amide bonds. The highest BCUT2D eigenvalue weighted by molar-refractivity contribution is 6.35. The zero-order chi connectivity index (χ0) is 17.4. The Bertz CT molecular complexity index is 642. The van der Waals surface area contributed by atoms with Gasteiger partial charge in [0.15, 0.2) is 0 Å². The molecule has 2 unspecified atom stereocenters. The summed E-state index contributed by atoms with van der Waals surface area (Å²) in [7, 11) is 0. The molecule has 2 saturated carbocycles. The highest BCUT2D eigenvalue weighted by atomic mass is 35.5. The first-order chi connectivity index (χ1) is 12.1. The second-order valence-corrected chi connectivity index (χ2v) is 8.57. The number of anilines is 1. The molecule has 0 spiro atoms. The van der Waals surface area contributed by atoms with E-state index in [9.17, 15) is 4.79 Å². The lowest BCUT2D eigenvalue weighted by Gasteiger charge is -2.38. The van der Waals surface area contributed by atoms with Crippen LogP contribution in [0.1, 0.15) is 32.1 Å². The van der Waals surface area contributed by atoms with E-state index in [1.807, 2.05) is 0 Å². The van der Waals surface area contributed by atoms with Gasteiger partial charge in [-0.15, -0.1) is 0 Å². The van der Waals surface area contributed by atoms with Crippen LogP contribution in [0.25, 0.3) is 0 Å². The average molecular weight is 383 g/mol. The lowest BCUT2D eigenvalue weighted by Crippen LogP contribution is -2.48. The minimum absolute atomic E-state index is 0.0789. The molecule has 25 heavy (non-hydrogen) atoms. The molecule has 2 aliphatic carbocycles. The fourth-order valence-electron chi connectivity index (χ4n) is 5.03. The van der Waals surface area contributed by atoms with Crippen LogP contribution >= 0.6 is 23.2 Å². The van der Waals surface area contributed by atoms with Crippen LogP contribution in [0, 0.1) is 17.8 Å². The van der Waals surface area contributed by atoms with Crippen LogP contribution in [0.4, 0.5) is 10.6 Å². The summed E-state index contributed by atoms with van der Waals surface area (Å²) < 4.78 is 0. The summed E-state index contributed by atoms with van der Waals surface area (Å²) in [6.45, 7) is 2.05. The van der Waals surface area contributed by atoms with Gasteiger partial charge < -0.3 is 15.5 Å². The zero-order valence-electron chi connectivity index (χ0n) is 14.2. The standard InChI is InChI=1S/C18H24Cl2N4O/c19-14-8-16(20)17(23-9-14)21-1-2-22-18(25)24-10-13-4-11-3-12(5-13)7-15(24)6-11/h8-9,11-13,15H,1-7,10H2,(H,21,23)(H,22,25). The van der Waals surface area contributed by atoms with Crippen molar-refractivity contribution in [3.05, 3.63) is 22.3 Å². The maximum Gasteiger partial charge on any atom is 0.317 e. The smallest absolute Gasteiger partial charge is 0.317 e. The second kappa shape index (κ2) is 7.20. The predicted octanol–water partition coefficient (Wildman–Crippen LogP) is 4.02. The number of aromatic nitrogens is 1. The third-order valence-corrected chi connectivity index (χ3v) is 6.36. The number of pyridine rings is 1. The van der Waals surface area contributed by atoms with E-state index in [4.69, 9.17) is 23.2 Å². The predicted molar refractivity (Wildman–Crippen MR) is 100 cm³/mol. The molecule has 136 valence electrons. The molecule has 2 saturated heterocycles. The van der Waals surface area contributed by atoms with Crippen molar-refractivity contribution in [3.8, 4) is 0 Å². The quantitative estimate of drug-likeness (QED) is 0.773. The van der Waals surface area contributed by atoms with Gasteiger partial charge in [-0.25, -0.2) is 9.78 Å². The van der Waals surface area contributed by atoms with Crippen LogP contribution in [-0.4, -0.2) is 41.6 Å². The summed E-state index contributed by atoms with van der Waals surface area (Å²) in [4.78, 5) is 18.9. The Morgan fingerprint density at radius 1 is 1.12 bits per heavy atom. The lowest BCUT2D eigenvalue weighted by atomic mass is 9.68. The third-order valence-electron chi connectivity index (χ3n) is 5.87. The Labute approximate surface area is 158 Å². The summed E-state index contributed by atoms with van der Waals surface area (Å²) in [5, 5.41) is 7.18. The van der Waals surface area contributed by atoms with Gasteiger partial charge in [-0.1, -0.05) is 23.2 Å². The van der Waals surface area contributed by atoms with Crippen molar-refractivity contribution in [1.82, 2.24) is 15.2 Å². The van der Waals surface area contributed by atoms with Crippen LogP contribution in [-0.2, 0) is 0 Å². The van der Waals surface area contributed by atoms with E-state index in [1.165, 1.54) is 32.1 Å². The molecule has 7 heteroatoms. The van der Waals surface area contributed by atoms with Gasteiger partial charge in [0, 0.05) is 31.9 Å². The Hall–Kier alpha value is -1.20. The first-order valence-corrected chi connectivity index (χ1v) is 9.93. The minimum Gasteiger partial charge on any atom is -0.367 e. The maximum absolute atomic E-state index is 12.7. The summed E-state index contributed by atoms with van der Waals surface area (Å²) in [5.74, 6) is 2.99. The molecule has 4 bridgehead atoms. The number of urea groups is 1. The van der Waals surface area contributed by atoms with Crippen molar-refractivity contribution < 1.29 is 4.79 Å². The first kappa shape index (κ1) is 17.2. The summed E-state index contributed by atoms with van der Waals surface area (Å²) in [6, 6.07) is 2.17. The molecule has 0 radical (unpaired) electrons. The lowest BCUT2D eigenvalue weighted by molar-refractivity contribution is 0.132. The third kappa shape index (κ3) is 3.82. The number of nitrogens with one attached hydrogen (secondary N) is 2. The molecular weight excluding hydrogens is 359 g/mol. The molecule has 3 heterocycles. The maximum atomic E-state index is 12.7. The molecule has 2 aliphatic heterocycles. The van der Waals surface area contributed by atoms with Gasteiger partial charge >= 0.3 is 6.03 Å². The number of halogens is 2. The van der Waals surface area contributed by atoms with E-state index >= 15 is 0 Å². The molecule has 4 aliphatic rings. The van der Waals surface area contributed by atoms with Gasteiger partial charge in [0.1, 0.15) is 5.82 Å². The first-order valence-electron chi connectivity index (χ1n) is 9.18. The topological polar surface area (TPSA) is 57.3 Å². The number of nitrogens with zero attached hydrogens (tertiary/aromatic N) is 2. The number of amides is 2. The molecule has 1 aromatic rings. The van der Waals surface area contributed by atoms with E-state index < -0.39 is 0 Å². The van der Waals surface area contributed by atoms with E-state index in [1.54, 1.807) is 12.3 Å². The SMILES string of the molecule is O=C(NCCNc1ncc(Cl)cc1Cl)N1CC2CC3CC(C2)CC1C3. The monoisotopic (exact) mass is 382 g/mol. The molecule has 4 fully saturated rings. The van der Waals surface area contributed by atoms with Crippen molar-refractivity contribution in [2.24, 2.45) is 17.8 Å². The van der Waals surface area contributed by atoms with Crippen LogP contribution in [0.3, 0.4) is 0 Å². The highest BCUT2D eigenvalue weighted by Gasteiger charge is 2.43. The second-order valence-electron chi connectivity index (χ2n) is 7.73. The molecule has 0 aromatic carbocycles. The van der Waals surface area contributed by atoms with Crippen LogP contribution in [0.5, 0.6) is 0 Å². The molecular formula is C18H24Cl2N4O. The largest absolute Gasteiger partial charge is 0.367 e. The van der Waals surface area contributed by atoms with Crippen molar-refractivity contribution in [3.63, 3.8) is 0 Å². The molecule has 1 aromatic heterocycles. The fraction of sp³-hybridized carbons (Fsp3) is 0.667. The number of carbonyl (C=O) groups excluding carboxylic acids is 1. The molecule has 5 rings (SSSR count). The van der Waals surface area contributed by atoms with Gasteiger partial charge in [0.05, 0.1) is 10.0 Å². The van der Waals surface area contributed by atoms with Gasteiger partial charge in [-0.2, -0.15) is 0 Å². The van der Waals surface area contributed by atoms with E-state index in [-0.39, 0.29) is 6.03 Å². The van der Waals surface area contributed by atoms with Gasteiger partial charge in [0.25, 0.3) is 0 Å². The number of hydrogen-bond acceptors (Lipinski definition) is 3. The minimum atomic E-state index is 0.0789. The summed E-state index contributed by atoms with van der Waals surface area (Å²) in [5.41, 5.74) is 0. The Kier molecular flexibility index (Phi) is 4.96. The number of carbonyl (C=O) groups is 1. The number of rotatable bonds is 4. The van der Waals surface area contributed by atoms with Gasteiger partial charge in [-0.3, -0.25) is 0 Å². The van der Waals surface area contributed by atoms with E-state index in [0.717, 1.165) is 18.4 Å². The highest BCUT2D eigenvalue weighted by Crippen LogP contribution is 2.47. The van der Waals surface area contributed by atoms with Crippen LogP contribution in [0.2, 0.25) is 10.0 Å². The van der Waals surface area contributed by atoms with Gasteiger partial charge in [-0.05, 0) is 55.9 Å². The summed E-state index contributed by atoms with van der Waals surface area (Å²) >= 11 is 11.9. The number of hydrogen-bond donors (Lipinski definition) is 2. The Morgan fingerprint density at radius 2 is 1.84 bits per heavy atom. The Balaban J connectivity index is 1.28. The van der Waals surface area contributed by atoms with Crippen molar-refractivity contribution >= 4 is 35.1 Å². The van der Waals surface area contributed by atoms with Crippen LogP contribution in [0.15, 0.2) is 12.3 Å². The fourth-order valence-corrected chi connectivity index (χ4v) is 5.48. The van der Waals surface area contributed by atoms with E-state index in [2.05, 4.69) is 20.5 Å². The molecule has 5 nitrogen and oxygen atoms in total. The zero-order valence-corrected chi connectivity index (χ0v) is 15.7. The van der Waals surface area contributed by atoms with Crippen molar-refractivity contribution in [2.45, 2.75) is 38.1 Å².